The van der Waals surface area contributed by atoms with Crippen molar-refractivity contribution < 1.29 is 0 Å². The maximum absolute atomic E-state index is 7.45. The van der Waals surface area contributed by atoms with Gasteiger partial charge in [0.05, 0.1) is 0 Å². The zero-order valence-corrected chi connectivity index (χ0v) is 14.6. The zero-order valence-electron chi connectivity index (χ0n) is 13.8. The molecule has 0 unspecified atom stereocenters. The van der Waals surface area contributed by atoms with Gasteiger partial charge < -0.3 is 5.73 Å². The SMILES string of the molecule is CCCCCC[C@H]1CC[C@H](c2ccc(C(=N)N)cc2)CC1.Cl. The molecule has 2 nitrogen and oxygen atoms in total. The van der Waals surface area contributed by atoms with E-state index in [-0.39, 0.29) is 18.2 Å². The molecule has 3 heteroatoms. The first-order valence-electron chi connectivity index (χ1n) is 8.65. The fourth-order valence-corrected chi connectivity index (χ4v) is 3.58. The molecule has 1 fully saturated rings. The Morgan fingerprint density at radius 1 is 1.05 bits per heavy atom. The van der Waals surface area contributed by atoms with Gasteiger partial charge in [-0.2, -0.15) is 0 Å². The van der Waals surface area contributed by atoms with Crippen LogP contribution in [0.15, 0.2) is 24.3 Å². The Hall–Kier alpha value is -1.02. The van der Waals surface area contributed by atoms with Gasteiger partial charge in [0.1, 0.15) is 5.84 Å². The number of nitrogens with two attached hydrogens (primary N) is 1. The van der Waals surface area contributed by atoms with Crippen molar-refractivity contribution >= 4 is 18.2 Å². The van der Waals surface area contributed by atoms with Crippen molar-refractivity contribution in [2.45, 2.75) is 70.6 Å². The molecule has 1 aromatic rings. The summed E-state index contributed by atoms with van der Waals surface area (Å²) in [6.45, 7) is 2.28. The molecule has 1 saturated carbocycles. The Labute approximate surface area is 141 Å². The molecule has 0 atom stereocenters. The quantitative estimate of drug-likeness (QED) is 0.381. The molecule has 0 amide bonds. The highest BCUT2D eigenvalue weighted by Crippen LogP contribution is 2.37. The van der Waals surface area contributed by atoms with E-state index in [0.717, 1.165) is 17.4 Å². The van der Waals surface area contributed by atoms with Crippen LogP contribution in [-0.2, 0) is 0 Å². The van der Waals surface area contributed by atoms with E-state index in [0.29, 0.717) is 0 Å². The number of amidine groups is 1. The second kappa shape index (κ2) is 9.89. The number of hydrogen-bond donors (Lipinski definition) is 2. The number of halogens is 1. The van der Waals surface area contributed by atoms with E-state index in [1.165, 1.54) is 63.4 Å². The third kappa shape index (κ3) is 5.64. The van der Waals surface area contributed by atoms with Gasteiger partial charge >= 0.3 is 0 Å². The lowest BCUT2D eigenvalue weighted by Crippen LogP contribution is -2.14. The second-order valence-electron chi connectivity index (χ2n) is 6.60. The molecule has 1 aliphatic carbocycles. The Bertz CT molecular complexity index is 433. The van der Waals surface area contributed by atoms with Gasteiger partial charge in [-0.3, -0.25) is 5.41 Å². The zero-order chi connectivity index (χ0) is 15.1. The maximum atomic E-state index is 7.45. The standard InChI is InChI=1S/C19H30N2.ClH/c1-2-3-4-5-6-15-7-9-16(10-8-15)17-11-13-18(14-12-17)19(20)21;/h11-16H,2-10H2,1H3,(H3,20,21);1H/t15-,16-;. The smallest absolute Gasteiger partial charge is 0.122 e. The molecular formula is C19H31ClN2. The van der Waals surface area contributed by atoms with Crippen molar-refractivity contribution in [3.63, 3.8) is 0 Å². The van der Waals surface area contributed by atoms with Crippen LogP contribution >= 0.6 is 12.4 Å². The minimum Gasteiger partial charge on any atom is -0.384 e. The van der Waals surface area contributed by atoms with E-state index in [9.17, 15) is 0 Å². The van der Waals surface area contributed by atoms with E-state index in [4.69, 9.17) is 11.1 Å². The molecule has 0 aliphatic heterocycles. The van der Waals surface area contributed by atoms with E-state index >= 15 is 0 Å². The van der Waals surface area contributed by atoms with Crippen molar-refractivity contribution in [1.29, 1.82) is 5.41 Å². The molecule has 1 aliphatic rings. The third-order valence-electron chi connectivity index (χ3n) is 5.01. The van der Waals surface area contributed by atoms with Crippen LogP contribution in [0.4, 0.5) is 0 Å². The Kier molecular flexibility index (Phi) is 8.55. The average molecular weight is 323 g/mol. The number of hydrogen-bond acceptors (Lipinski definition) is 1. The van der Waals surface area contributed by atoms with Crippen LogP contribution in [-0.4, -0.2) is 5.84 Å². The number of nitrogen functional groups attached to an aromatic ring is 1. The summed E-state index contributed by atoms with van der Waals surface area (Å²) in [6, 6.07) is 8.33. The van der Waals surface area contributed by atoms with E-state index in [1.807, 2.05) is 12.1 Å². The van der Waals surface area contributed by atoms with Crippen LogP contribution in [0.2, 0.25) is 0 Å². The van der Waals surface area contributed by atoms with Crippen LogP contribution in [0, 0.1) is 11.3 Å². The molecule has 0 aromatic heterocycles. The highest BCUT2D eigenvalue weighted by Gasteiger charge is 2.21. The van der Waals surface area contributed by atoms with Crippen molar-refractivity contribution in [1.82, 2.24) is 0 Å². The summed E-state index contributed by atoms with van der Waals surface area (Å²) in [7, 11) is 0. The average Bonchev–Trinajstić information content (AvgIpc) is 2.52. The Morgan fingerprint density at radius 3 is 2.23 bits per heavy atom. The van der Waals surface area contributed by atoms with Gasteiger partial charge in [-0.15, -0.1) is 12.4 Å². The van der Waals surface area contributed by atoms with E-state index in [2.05, 4.69) is 19.1 Å². The first kappa shape index (κ1) is 19.0. The molecule has 22 heavy (non-hydrogen) atoms. The molecule has 0 heterocycles. The van der Waals surface area contributed by atoms with Crippen molar-refractivity contribution in [3.05, 3.63) is 35.4 Å². The van der Waals surface area contributed by atoms with E-state index < -0.39 is 0 Å². The summed E-state index contributed by atoms with van der Waals surface area (Å²) in [5, 5.41) is 7.45. The first-order chi connectivity index (χ1) is 10.2. The lowest BCUT2D eigenvalue weighted by molar-refractivity contribution is 0.302. The summed E-state index contributed by atoms with van der Waals surface area (Å²) in [6.07, 6.45) is 12.5. The number of nitrogens with one attached hydrogen (secondary N) is 1. The van der Waals surface area contributed by atoms with Gasteiger partial charge in [0.15, 0.2) is 0 Å². The van der Waals surface area contributed by atoms with Gasteiger partial charge in [0.2, 0.25) is 0 Å². The highest BCUT2D eigenvalue weighted by molar-refractivity contribution is 5.94. The molecule has 0 saturated heterocycles. The maximum Gasteiger partial charge on any atom is 0.122 e. The summed E-state index contributed by atoms with van der Waals surface area (Å²) < 4.78 is 0. The highest BCUT2D eigenvalue weighted by atomic mass is 35.5. The number of unbranched alkanes of at least 4 members (excludes halogenated alkanes) is 3. The van der Waals surface area contributed by atoms with Crippen LogP contribution in [0.25, 0.3) is 0 Å². The van der Waals surface area contributed by atoms with Gasteiger partial charge in [-0.25, -0.2) is 0 Å². The van der Waals surface area contributed by atoms with E-state index in [1.54, 1.807) is 0 Å². The van der Waals surface area contributed by atoms with Crippen LogP contribution in [0.3, 0.4) is 0 Å². The summed E-state index contributed by atoms with van der Waals surface area (Å²) in [5.74, 6) is 1.85. The monoisotopic (exact) mass is 322 g/mol. The molecular weight excluding hydrogens is 292 g/mol. The minimum absolute atomic E-state index is 0. The Balaban J connectivity index is 0.00000242. The van der Waals surface area contributed by atoms with Gasteiger partial charge in [-0.05, 0) is 43.1 Å². The van der Waals surface area contributed by atoms with Gasteiger partial charge in [0, 0.05) is 5.56 Å². The van der Waals surface area contributed by atoms with Crippen molar-refractivity contribution in [3.8, 4) is 0 Å². The van der Waals surface area contributed by atoms with Gasteiger partial charge in [0.25, 0.3) is 0 Å². The molecule has 3 N–H and O–H groups in total. The fraction of sp³-hybridized carbons (Fsp3) is 0.632. The number of rotatable bonds is 7. The summed E-state index contributed by atoms with van der Waals surface area (Å²) >= 11 is 0. The van der Waals surface area contributed by atoms with Crippen LogP contribution in [0.5, 0.6) is 0 Å². The molecule has 0 radical (unpaired) electrons. The lowest BCUT2D eigenvalue weighted by Gasteiger charge is -2.29. The van der Waals surface area contributed by atoms with Crippen LogP contribution < -0.4 is 5.73 Å². The normalized spacial score (nSPS) is 21.1. The topological polar surface area (TPSA) is 49.9 Å². The molecule has 2 rings (SSSR count). The predicted molar refractivity (Wildman–Crippen MR) is 98.2 cm³/mol. The molecule has 0 bridgehead atoms. The summed E-state index contributed by atoms with van der Waals surface area (Å²) in [4.78, 5) is 0. The molecule has 1 aromatic carbocycles. The van der Waals surface area contributed by atoms with Crippen LogP contribution in [0.1, 0.15) is 81.8 Å². The predicted octanol–water partition coefficient (Wildman–Crippen LogP) is 5.64. The van der Waals surface area contributed by atoms with Crippen molar-refractivity contribution in [2.75, 3.05) is 0 Å². The minimum atomic E-state index is 0. The van der Waals surface area contributed by atoms with Crippen molar-refractivity contribution in [2.24, 2.45) is 11.7 Å². The molecule has 124 valence electrons. The second-order valence-corrected chi connectivity index (χ2v) is 6.60. The number of benzene rings is 1. The lowest BCUT2D eigenvalue weighted by atomic mass is 9.77. The Morgan fingerprint density at radius 2 is 1.68 bits per heavy atom. The van der Waals surface area contributed by atoms with Gasteiger partial charge in [-0.1, -0.05) is 63.3 Å². The third-order valence-corrected chi connectivity index (χ3v) is 5.01. The summed E-state index contributed by atoms with van der Waals surface area (Å²) in [5.41, 5.74) is 7.78. The largest absolute Gasteiger partial charge is 0.384 e. The first-order valence-corrected chi connectivity index (χ1v) is 8.65. The molecule has 0 spiro atoms. The fourth-order valence-electron chi connectivity index (χ4n) is 3.58.